The number of anilines is 2. The van der Waals surface area contributed by atoms with E-state index < -0.39 is 17.6 Å². The van der Waals surface area contributed by atoms with Gasteiger partial charge in [-0.2, -0.15) is 0 Å². The summed E-state index contributed by atoms with van der Waals surface area (Å²) in [5.41, 5.74) is 2.55. The number of carbonyl (C=O) groups excluding carboxylic acids is 1. The topological polar surface area (TPSA) is 91.8 Å². The fraction of sp³-hybridized carbons (Fsp3) is 0.167. The molecule has 188 valence electrons. The predicted molar refractivity (Wildman–Crippen MR) is 142 cm³/mol. The standard InChI is InChI=1S/C30H29N3O4/c1-30(28(34)35,32-29(36)37-22-23-12-5-2-6-13-23)20-24-14-11-15-25(31-24)21-33(26-16-7-3-8-17-26)27-18-9-4-10-19-27/h2-19H,20-22H2,1H3,(H,32,36)(H,34,35)/t30-/m1/s1. The number of ether oxygens (including phenoxy) is 1. The Labute approximate surface area is 216 Å². The van der Waals surface area contributed by atoms with Gasteiger partial charge in [0, 0.05) is 23.5 Å². The third kappa shape index (κ3) is 6.95. The van der Waals surface area contributed by atoms with Gasteiger partial charge in [-0.3, -0.25) is 4.98 Å². The number of carbonyl (C=O) groups is 2. The van der Waals surface area contributed by atoms with Crippen molar-refractivity contribution in [3.05, 3.63) is 126 Å². The van der Waals surface area contributed by atoms with Gasteiger partial charge in [0.05, 0.1) is 12.2 Å². The second-order valence-electron chi connectivity index (χ2n) is 8.88. The van der Waals surface area contributed by atoms with E-state index >= 15 is 0 Å². The molecule has 0 radical (unpaired) electrons. The van der Waals surface area contributed by atoms with Crippen LogP contribution in [-0.2, 0) is 29.1 Å². The Balaban J connectivity index is 1.49. The van der Waals surface area contributed by atoms with Crippen molar-refractivity contribution < 1.29 is 19.4 Å². The van der Waals surface area contributed by atoms with Crippen molar-refractivity contribution in [2.24, 2.45) is 0 Å². The summed E-state index contributed by atoms with van der Waals surface area (Å²) in [4.78, 5) is 31.5. The highest BCUT2D eigenvalue weighted by atomic mass is 16.5. The largest absolute Gasteiger partial charge is 0.480 e. The average Bonchev–Trinajstić information content (AvgIpc) is 2.92. The lowest BCUT2D eigenvalue weighted by Gasteiger charge is -2.27. The molecular formula is C30H29N3O4. The summed E-state index contributed by atoms with van der Waals surface area (Å²) in [6, 6.07) is 34.7. The Morgan fingerprint density at radius 3 is 1.92 bits per heavy atom. The van der Waals surface area contributed by atoms with E-state index in [4.69, 9.17) is 9.72 Å². The summed E-state index contributed by atoms with van der Waals surface area (Å²) in [5, 5.41) is 12.4. The van der Waals surface area contributed by atoms with Crippen molar-refractivity contribution in [1.29, 1.82) is 0 Å². The molecule has 0 saturated carbocycles. The van der Waals surface area contributed by atoms with Crippen molar-refractivity contribution in [3.8, 4) is 0 Å². The Morgan fingerprint density at radius 2 is 1.35 bits per heavy atom. The molecule has 0 unspecified atom stereocenters. The predicted octanol–water partition coefficient (Wildman–Crippen LogP) is 5.73. The molecule has 2 N–H and O–H groups in total. The minimum Gasteiger partial charge on any atom is -0.480 e. The van der Waals surface area contributed by atoms with Gasteiger partial charge in [-0.1, -0.05) is 72.8 Å². The van der Waals surface area contributed by atoms with Gasteiger partial charge in [0.25, 0.3) is 0 Å². The van der Waals surface area contributed by atoms with E-state index in [9.17, 15) is 14.7 Å². The first-order chi connectivity index (χ1) is 17.9. The van der Waals surface area contributed by atoms with Gasteiger partial charge in [-0.05, 0) is 48.9 Å². The van der Waals surface area contributed by atoms with Crippen molar-refractivity contribution in [3.63, 3.8) is 0 Å². The van der Waals surface area contributed by atoms with E-state index in [0.29, 0.717) is 12.2 Å². The van der Waals surface area contributed by atoms with E-state index in [0.717, 1.165) is 22.6 Å². The zero-order chi connectivity index (χ0) is 26.1. The summed E-state index contributed by atoms with van der Waals surface area (Å²) in [7, 11) is 0. The van der Waals surface area contributed by atoms with E-state index in [-0.39, 0.29) is 13.0 Å². The number of nitrogens with zero attached hydrogens (tertiary/aromatic N) is 2. The van der Waals surface area contributed by atoms with Gasteiger partial charge in [0.2, 0.25) is 0 Å². The van der Waals surface area contributed by atoms with Crippen LogP contribution in [0.4, 0.5) is 16.2 Å². The maximum absolute atomic E-state index is 12.4. The van der Waals surface area contributed by atoms with Crippen LogP contribution in [0.15, 0.2) is 109 Å². The van der Waals surface area contributed by atoms with Crippen molar-refractivity contribution in [2.45, 2.75) is 32.0 Å². The number of pyridine rings is 1. The first-order valence-corrected chi connectivity index (χ1v) is 12.0. The number of amides is 1. The van der Waals surface area contributed by atoms with Gasteiger partial charge >= 0.3 is 12.1 Å². The first kappa shape index (κ1) is 25.4. The van der Waals surface area contributed by atoms with Crippen LogP contribution >= 0.6 is 0 Å². The Hall–Kier alpha value is -4.65. The van der Waals surface area contributed by atoms with E-state index in [1.165, 1.54) is 6.92 Å². The number of carboxylic acids is 1. The summed E-state index contributed by atoms with van der Waals surface area (Å²) < 4.78 is 5.25. The molecule has 0 bridgehead atoms. The molecule has 1 heterocycles. The molecule has 7 nitrogen and oxygen atoms in total. The normalized spacial score (nSPS) is 12.2. The highest BCUT2D eigenvalue weighted by Gasteiger charge is 2.36. The summed E-state index contributed by atoms with van der Waals surface area (Å²) in [6.45, 7) is 1.98. The zero-order valence-corrected chi connectivity index (χ0v) is 20.6. The summed E-state index contributed by atoms with van der Waals surface area (Å²) >= 11 is 0. The van der Waals surface area contributed by atoms with Crippen LogP contribution in [0, 0.1) is 0 Å². The maximum atomic E-state index is 12.4. The van der Waals surface area contributed by atoms with Gasteiger partial charge in [0.15, 0.2) is 0 Å². The zero-order valence-electron chi connectivity index (χ0n) is 20.6. The third-order valence-electron chi connectivity index (χ3n) is 5.92. The quantitative estimate of drug-likeness (QED) is 0.292. The maximum Gasteiger partial charge on any atom is 0.408 e. The lowest BCUT2D eigenvalue weighted by atomic mass is 9.95. The van der Waals surface area contributed by atoms with Crippen molar-refractivity contribution >= 4 is 23.4 Å². The van der Waals surface area contributed by atoms with Gasteiger partial charge < -0.3 is 20.1 Å². The first-order valence-electron chi connectivity index (χ1n) is 12.0. The molecule has 4 aromatic rings. The van der Waals surface area contributed by atoms with Crippen LogP contribution in [0.1, 0.15) is 23.9 Å². The number of hydrogen-bond acceptors (Lipinski definition) is 5. The summed E-state index contributed by atoms with van der Waals surface area (Å²) in [5.74, 6) is -1.17. The number of hydrogen-bond donors (Lipinski definition) is 2. The molecule has 0 aliphatic carbocycles. The molecule has 37 heavy (non-hydrogen) atoms. The number of aromatic nitrogens is 1. The molecule has 4 rings (SSSR count). The molecule has 0 aliphatic rings. The molecule has 0 aliphatic heterocycles. The van der Waals surface area contributed by atoms with Crippen LogP contribution in [0.5, 0.6) is 0 Å². The number of aliphatic carboxylic acids is 1. The Kier molecular flexibility index (Phi) is 8.15. The fourth-order valence-electron chi connectivity index (χ4n) is 3.95. The minimum atomic E-state index is -1.60. The number of carboxylic acid groups (broad SMARTS) is 1. The fourth-order valence-corrected chi connectivity index (χ4v) is 3.95. The molecule has 0 spiro atoms. The summed E-state index contributed by atoms with van der Waals surface area (Å²) in [6.07, 6.45) is -0.808. The lowest BCUT2D eigenvalue weighted by Crippen LogP contribution is -2.54. The van der Waals surface area contributed by atoms with Gasteiger partial charge in [0.1, 0.15) is 12.1 Å². The van der Waals surface area contributed by atoms with E-state index in [1.807, 2.05) is 103 Å². The number of para-hydroxylation sites is 2. The minimum absolute atomic E-state index is 0.00666. The molecule has 0 fully saturated rings. The Bertz CT molecular complexity index is 1280. The van der Waals surface area contributed by atoms with Crippen LogP contribution in [0.25, 0.3) is 0 Å². The van der Waals surface area contributed by atoms with Crippen LogP contribution < -0.4 is 10.2 Å². The smallest absolute Gasteiger partial charge is 0.408 e. The molecule has 7 heteroatoms. The Morgan fingerprint density at radius 1 is 0.811 bits per heavy atom. The van der Waals surface area contributed by atoms with Crippen molar-refractivity contribution in [2.75, 3.05) is 4.90 Å². The second-order valence-corrected chi connectivity index (χ2v) is 8.88. The van der Waals surface area contributed by atoms with Crippen molar-refractivity contribution in [1.82, 2.24) is 10.3 Å². The van der Waals surface area contributed by atoms with Gasteiger partial charge in [-0.15, -0.1) is 0 Å². The van der Waals surface area contributed by atoms with Gasteiger partial charge in [-0.25, -0.2) is 9.59 Å². The number of benzene rings is 3. The number of nitrogens with one attached hydrogen (secondary N) is 1. The lowest BCUT2D eigenvalue weighted by molar-refractivity contribution is -0.144. The van der Waals surface area contributed by atoms with E-state index in [1.54, 1.807) is 6.07 Å². The molecule has 1 aromatic heterocycles. The van der Waals surface area contributed by atoms with Crippen LogP contribution in [0.3, 0.4) is 0 Å². The van der Waals surface area contributed by atoms with Crippen LogP contribution in [0.2, 0.25) is 0 Å². The highest BCUT2D eigenvalue weighted by molar-refractivity contribution is 5.84. The van der Waals surface area contributed by atoms with E-state index in [2.05, 4.69) is 10.2 Å². The highest BCUT2D eigenvalue weighted by Crippen LogP contribution is 2.27. The number of alkyl carbamates (subject to hydrolysis) is 1. The van der Waals surface area contributed by atoms with Crippen LogP contribution in [-0.4, -0.2) is 27.7 Å². The molecule has 0 saturated heterocycles. The molecule has 1 atom stereocenters. The number of rotatable bonds is 10. The monoisotopic (exact) mass is 495 g/mol. The molecule has 3 aromatic carbocycles. The SMILES string of the molecule is C[C@](Cc1cccc(CN(c2ccccc2)c2ccccc2)n1)(NC(=O)OCc1ccccc1)C(=O)O. The third-order valence-corrected chi connectivity index (χ3v) is 5.92. The molecular weight excluding hydrogens is 466 g/mol. The molecule has 1 amide bonds. The average molecular weight is 496 g/mol. The second kappa shape index (κ2) is 11.9.